The minimum absolute atomic E-state index is 0.348. The Morgan fingerprint density at radius 2 is 1.91 bits per heavy atom. The summed E-state index contributed by atoms with van der Waals surface area (Å²) in [5.41, 5.74) is 8.64. The normalized spacial score (nSPS) is 13.3. The molecule has 0 spiro atoms. The van der Waals surface area contributed by atoms with Crippen molar-refractivity contribution < 1.29 is 19.1 Å². The van der Waals surface area contributed by atoms with E-state index >= 15 is 0 Å². The van der Waals surface area contributed by atoms with Crippen LogP contribution in [0.5, 0.6) is 11.5 Å². The lowest BCUT2D eigenvalue weighted by Crippen LogP contribution is -2.30. The Morgan fingerprint density at radius 1 is 1.12 bits per heavy atom. The second kappa shape index (κ2) is 9.42. The fraction of sp³-hybridized carbons (Fsp3) is 0.250. The van der Waals surface area contributed by atoms with E-state index in [0.717, 1.165) is 23.5 Å². The van der Waals surface area contributed by atoms with Gasteiger partial charge >= 0.3 is 0 Å². The van der Waals surface area contributed by atoms with Gasteiger partial charge in [0.2, 0.25) is 0 Å². The van der Waals surface area contributed by atoms with Gasteiger partial charge in [-0.2, -0.15) is 0 Å². The standard InChI is InChI=1S/C24H25N3O4S/c1-30-16-8-9-17(19(12-16)31-2)23(29)26-24-21(22(25)28)18-10-11-27(14-20(18)32-24)13-15-6-4-3-5-7-15/h3-9,12H,10-11,13-14H2,1-2H3,(H2,25,28)(H,26,29). The van der Waals surface area contributed by atoms with Gasteiger partial charge < -0.3 is 20.5 Å². The molecular formula is C24H25N3O4S. The van der Waals surface area contributed by atoms with Crippen LogP contribution in [0.1, 0.15) is 36.7 Å². The van der Waals surface area contributed by atoms with Crippen molar-refractivity contribution in [2.45, 2.75) is 19.5 Å². The zero-order valence-electron chi connectivity index (χ0n) is 18.0. The SMILES string of the molecule is COc1ccc(C(=O)Nc2sc3c(c2C(N)=O)CCN(Cc2ccccc2)C3)c(OC)c1. The number of nitrogens with two attached hydrogens (primary N) is 1. The predicted molar refractivity (Wildman–Crippen MR) is 125 cm³/mol. The molecule has 3 aromatic rings. The molecule has 2 amide bonds. The fourth-order valence-electron chi connectivity index (χ4n) is 3.94. The summed E-state index contributed by atoms with van der Waals surface area (Å²) in [6.07, 6.45) is 0.707. The number of carbonyl (C=O) groups excluding carboxylic acids is 2. The molecule has 0 saturated heterocycles. The van der Waals surface area contributed by atoms with E-state index in [1.54, 1.807) is 25.3 Å². The van der Waals surface area contributed by atoms with E-state index in [-0.39, 0.29) is 5.91 Å². The van der Waals surface area contributed by atoms with Gasteiger partial charge in [0.05, 0.1) is 25.3 Å². The molecule has 1 aromatic heterocycles. The summed E-state index contributed by atoms with van der Waals surface area (Å²) < 4.78 is 10.5. The highest BCUT2D eigenvalue weighted by atomic mass is 32.1. The van der Waals surface area contributed by atoms with E-state index < -0.39 is 5.91 Å². The summed E-state index contributed by atoms with van der Waals surface area (Å²) in [4.78, 5) is 28.7. The monoisotopic (exact) mass is 451 g/mol. The van der Waals surface area contributed by atoms with Crippen LogP contribution in [-0.2, 0) is 19.5 Å². The zero-order chi connectivity index (χ0) is 22.7. The van der Waals surface area contributed by atoms with Crippen molar-refractivity contribution in [3.05, 3.63) is 75.7 Å². The van der Waals surface area contributed by atoms with E-state index in [1.807, 2.05) is 18.2 Å². The summed E-state index contributed by atoms with van der Waals surface area (Å²) in [6.45, 7) is 2.35. The smallest absolute Gasteiger partial charge is 0.260 e. The number of hydrogen-bond donors (Lipinski definition) is 2. The van der Waals surface area contributed by atoms with E-state index in [1.165, 1.54) is 24.0 Å². The molecular weight excluding hydrogens is 426 g/mol. The van der Waals surface area contributed by atoms with Crippen LogP contribution in [0.3, 0.4) is 0 Å². The number of amides is 2. The lowest BCUT2D eigenvalue weighted by Gasteiger charge is -2.27. The van der Waals surface area contributed by atoms with Crippen LogP contribution in [0.25, 0.3) is 0 Å². The molecule has 0 bridgehead atoms. The zero-order valence-corrected chi connectivity index (χ0v) is 18.8. The summed E-state index contributed by atoms with van der Waals surface area (Å²) in [7, 11) is 3.04. The molecule has 1 aliphatic heterocycles. The molecule has 2 aromatic carbocycles. The highest BCUT2D eigenvalue weighted by Crippen LogP contribution is 2.38. The van der Waals surface area contributed by atoms with Crippen LogP contribution in [0.2, 0.25) is 0 Å². The van der Waals surface area contributed by atoms with Crippen LogP contribution >= 0.6 is 11.3 Å². The third-order valence-corrected chi connectivity index (χ3v) is 6.64. The molecule has 166 valence electrons. The van der Waals surface area contributed by atoms with Gasteiger partial charge in [0, 0.05) is 30.6 Å². The maximum Gasteiger partial charge on any atom is 0.260 e. The maximum atomic E-state index is 13.0. The van der Waals surface area contributed by atoms with Crippen molar-refractivity contribution in [2.75, 3.05) is 26.1 Å². The number of nitrogens with one attached hydrogen (secondary N) is 1. The number of benzene rings is 2. The minimum Gasteiger partial charge on any atom is -0.497 e. The number of fused-ring (bicyclic) bond motifs is 1. The Bertz CT molecular complexity index is 1140. The van der Waals surface area contributed by atoms with E-state index in [4.69, 9.17) is 15.2 Å². The predicted octanol–water partition coefficient (Wildman–Crippen LogP) is 3.67. The fourth-order valence-corrected chi connectivity index (χ4v) is 5.23. The summed E-state index contributed by atoms with van der Waals surface area (Å²) in [5, 5.41) is 3.36. The topological polar surface area (TPSA) is 93.9 Å². The molecule has 0 fully saturated rings. The second-order valence-electron chi connectivity index (χ2n) is 7.54. The van der Waals surface area contributed by atoms with Gasteiger partial charge in [0.15, 0.2) is 0 Å². The van der Waals surface area contributed by atoms with Gasteiger partial charge in [-0.25, -0.2) is 0 Å². The first-order valence-electron chi connectivity index (χ1n) is 10.2. The van der Waals surface area contributed by atoms with Crippen molar-refractivity contribution >= 4 is 28.2 Å². The van der Waals surface area contributed by atoms with Crippen LogP contribution in [-0.4, -0.2) is 37.5 Å². The Balaban J connectivity index is 1.58. The summed E-state index contributed by atoms with van der Waals surface area (Å²) in [6, 6.07) is 15.2. The molecule has 3 N–H and O–H groups in total. The molecule has 32 heavy (non-hydrogen) atoms. The Kier molecular flexibility index (Phi) is 6.43. The van der Waals surface area contributed by atoms with Gasteiger partial charge in [0.1, 0.15) is 16.5 Å². The number of hydrogen-bond acceptors (Lipinski definition) is 6. The average Bonchev–Trinajstić information content (AvgIpc) is 3.16. The second-order valence-corrected chi connectivity index (χ2v) is 8.64. The lowest BCUT2D eigenvalue weighted by atomic mass is 10.0. The highest BCUT2D eigenvalue weighted by Gasteiger charge is 2.28. The number of primary amides is 1. The highest BCUT2D eigenvalue weighted by molar-refractivity contribution is 7.17. The summed E-state index contributed by atoms with van der Waals surface area (Å²) in [5.74, 6) is 0.0712. The van der Waals surface area contributed by atoms with Crippen LogP contribution in [0, 0.1) is 0 Å². The molecule has 1 aliphatic rings. The number of nitrogens with zero attached hydrogens (tertiary/aromatic N) is 1. The number of rotatable bonds is 7. The molecule has 2 heterocycles. The third-order valence-electron chi connectivity index (χ3n) is 5.51. The van der Waals surface area contributed by atoms with Gasteiger partial charge in [0.25, 0.3) is 11.8 Å². The molecule has 7 nitrogen and oxygen atoms in total. The Morgan fingerprint density at radius 3 is 2.59 bits per heavy atom. The largest absolute Gasteiger partial charge is 0.497 e. The Labute approximate surface area is 190 Å². The third kappa shape index (κ3) is 4.46. The van der Waals surface area contributed by atoms with Crippen LogP contribution < -0.4 is 20.5 Å². The number of carbonyl (C=O) groups is 2. The lowest BCUT2D eigenvalue weighted by molar-refractivity contribution is 0.0999. The van der Waals surface area contributed by atoms with Crippen molar-refractivity contribution in [3.8, 4) is 11.5 Å². The molecule has 4 rings (SSSR count). The van der Waals surface area contributed by atoms with E-state index in [9.17, 15) is 9.59 Å². The first-order chi connectivity index (χ1) is 15.5. The average molecular weight is 452 g/mol. The van der Waals surface area contributed by atoms with Crippen LogP contribution in [0.4, 0.5) is 5.00 Å². The first kappa shape index (κ1) is 21.9. The molecule has 0 aliphatic carbocycles. The van der Waals surface area contributed by atoms with Gasteiger partial charge in [-0.05, 0) is 29.7 Å². The molecule has 0 unspecified atom stereocenters. The number of ether oxygens (including phenoxy) is 2. The summed E-state index contributed by atoms with van der Waals surface area (Å²) >= 11 is 1.41. The van der Waals surface area contributed by atoms with Gasteiger partial charge in [-0.1, -0.05) is 30.3 Å². The van der Waals surface area contributed by atoms with E-state index in [0.29, 0.717) is 40.6 Å². The van der Waals surface area contributed by atoms with Gasteiger partial charge in [-0.15, -0.1) is 11.3 Å². The molecule has 8 heteroatoms. The number of thiophene rings is 1. The van der Waals surface area contributed by atoms with Crippen molar-refractivity contribution in [1.82, 2.24) is 4.90 Å². The first-order valence-corrected chi connectivity index (χ1v) is 11.1. The quantitative estimate of drug-likeness (QED) is 0.572. The van der Waals surface area contributed by atoms with Crippen molar-refractivity contribution in [3.63, 3.8) is 0 Å². The maximum absolute atomic E-state index is 13.0. The Hall–Kier alpha value is -3.36. The molecule has 0 saturated carbocycles. The minimum atomic E-state index is -0.531. The van der Waals surface area contributed by atoms with Gasteiger partial charge in [-0.3, -0.25) is 14.5 Å². The van der Waals surface area contributed by atoms with E-state index in [2.05, 4.69) is 22.3 Å². The molecule has 0 atom stereocenters. The van der Waals surface area contributed by atoms with Crippen molar-refractivity contribution in [1.29, 1.82) is 0 Å². The van der Waals surface area contributed by atoms with Crippen molar-refractivity contribution in [2.24, 2.45) is 5.73 Å². The number of anilines is 1. The molecule has 0 radical (unpaired) electrons. The number of methoxy groups -OCH3 is 2. The van der Waals surface area contributed by atoms with Crippen LogP contribution in [0.15, 0.2) is 48.5 Å².